The molecular weight excluding hydrogens is 567 g/mol. The van der Waals surface area contributed by atoms with Crippen LogP contribution in [0.4, 0.5) is 71.5 Å². The van der Waals surface area contributed by atoms with Crippen LogP contribution in [-0.4, -0.2) is 61.9 Å². The molecule has 1 aromatic carbocycles. The van der Waals surface area contributed by atoms with Crippen molar-refractivity contribution in [3.63, 3.8) is 0 Å². The number of rotatable bonds is 12. The number of benzene rings is 1. The van der Waals surface area contributed by atoms with Crippen LogP contribution < -0.4 is 4.90 Å². The van der Waals surface area contributed by atoms with E-state index < -0.39 is 59.3 Å². The Balaban J connectivity index is 3.55. The average Bonchev–Trinajstić information content (AvgIpc) is 2.78. The molecule has 2 nitrogen and oxygen atoms in total. The van der Waals surface area contributed by atoms with Gasteiger partial charge in [-0.25, -0.2) is 0 Å². The molecule has 0 bridgehead atoms. The molecule has 0 spiro atoms. The molecule has 0 aliphatic rings. The van der Waals surface area contributed by atoms with Gasteiger partial charge in [0.05, 0.1) is 12.0 Å². The predicted octanol–water partition coefficient (Wildman–Crippen LogP) is 8.16. The maximum absolute atomic E-state index is 14.5. The van der Waals surface area contributed by atoms with E-state index in [1.807, 2.05) is 0 Å². The van der Waals surface area contributed by atoms with Gasteiger partial charge in [-0.15, -0.1) is 0 Å². The summed E-state index contributed by atoms with van der Waals surface area (Å²) in [5, 5.41) is 0. The van der Waals surface area contributed by atoms with Gasteiger partial charge in [0, 0.05) is 25.9 Å². The van der Waals surface area contributed by atoms with E-state index in [2.05, 4.69) is 0 Å². The Morgan fingerprint density at radius 3 is 1.32 bits per heavy atom. The summed E-state index contributed by atoms with van der Waals surface area (Å²) in [5.41, 5.74) is -2.62. The minimum absolute atomic E-state index is 0.407. The Hall–Kier alpha value is -2.07. The van der Waals surface area contributed by atoms with Crippen molar-refractivity contribution in [1.82, 2.24) is 0 Å². The molecular formula is C21H22F15NO. The van der Waals surface area contributed by atoms with E-state index in [9.17, 15) is 65.9 Å². The first-order chi connectivity index (χ1) is 16.8. The SMILES string of the molecule is CCN(CC)c1ccc(C(C)(CC(F)(F)C(F)(F)C(F)(F)C(F)(F)C(F)(F)C(F)(F)C(F)(F)F)OC)cc1. The molecule has 0 fully saturated rings. The Bertz CT molecular complexity index is 939. The molecule has 0 aromatic heterocycles. The van der Waals surface area contributed by atoms with Crippen LogP contribution in [0.1, 0.15) is 32.8 Å². The third kappa shape index (κ3) is 5.10. The van der Waals surface area contributed by atoms with Gasteiger partial charge in [0.2, 0.25) is 0 Å². The second-order valence-electron chi connectivity index (χ2n) is 8.41. The standard InChI is InChI=1S/C21H22F15NO/c1-5-37(6-2)13-9-7-12(8-10-13)14(3,38-4)11-15(22,23)16(24,25)17(26,27)18(28,29)19(30,31)20(32,33)21(34,35)36/h7-10H,5-6,11H2,1-4H3. The van der Waals surface area contributed by atoms with Crippen LogP contribution in [0.5, 0.6) is 0 Å². The summed E-state index contributed by atoms with van der Waals surface area (Å²) in [6.07, 6.45) is -10.2. The van der Waals surface area contributed by atoms with Crippen molar-refractivity contribution in [3.8, 4) is 0 Å². The minimum Gasteiger partial charge on any atom is -0.374 e. The second-order valence-corrected chi connectivity index (χ2v) is 8.41. The molecule has 0 aliphatic heterocycles. The molecule has 17 heteroatoms. The topological polar surface area (TPSA) is 12.5 Å². The van der Waals surface area contributed by atoms with Crippen molar-refractivity contribution in [2.75, 3.05) is 25.1 Å². The van der Waals surface area contributed by atoms with Gasteiger partial charge in [0.15, 0.2) is 0 Å². The van der Waals surface area contributed by atoms with Crippen LogP contribution in [0.15, 0.2) is 24.3 Å². The van der Waals surface area contributed by atoms with Crippen molar-refractivity contribution >= 4 is 5.69 Å². The first kappa shape index (κ1) is 34.0. The quantitative estimate of drug-likeness (QED) is 0.228. The number of hydrogen-bond donors (Lipinski definition) is 0. The van der Waals surface area contributed by atoms with Gasteiger partial charge in [-0.3, -0.25) is 0 Å². The highest BCUT2D eigenvalue weighted by molar-refractivity contribution is 5.48. The fourth-order valence-electron chi connectivity index (χ4n) is 3.44. The fourth-order valence-corrected chi connectivity index (χ4v) is 3.44. The van der Waals surface area contributed by atoms with E-state index in [0.29, 0.717) is 32.8 Å². The van der Waals surface area contributed by atoms with Gasteiger partial charge in [-0.1, -0.05) is 12.1 Å². The molecule has 1 atom stereocenters. The molecule has 0 amide bonds. The summed E-state index contributed by atoms with van der Waals surface area (Å²) in [5.74, 6) is -46.7. The number of alkyl halides is 15. The van der Waals surface area contributed by atoms with Crippen molar-refractivity contribution < 1.29 is 70.6 Å². The van der Waals surface area contributed by atoms with Crippen molar-refractivity contribution in [2.45, 2.75) is 74.5 Å². The van der Waals surface area contributed by atoms with Gasteiger partial charge in [0.1, 0.15) is 0 Å². The number of ether oxygens (including phenoxy) is 1. The molecule has 1 aromatic rings. The van der Waals surface area contributed by atoms with E-state index in [-0.39, 0.29) is 0 Å². The summed E-state index contributed by atoms with van der Waals surface area (Å²) in [4.78, 5) is 1.73. The molecule has 222 valence electrons. The first-order valence-electron chi connectivity index (χ1n) is 10.5. The van der Waals surface area contributed by atoms with Gasteiger partial charge < -0.3 is 9.64 Å². The average molecular weight is 589 g/mol. The fraction of sp³-hybridized carbons (Fsp3) is 0.714. The van der Waals surface area contributed by atoms with Crippen LogP contribution in [0.3, 0.4) is 0 Å². The second kappa shape index (κ2) is 10.2. The maximum Gasteiger partial charge on any atom is 0.460 e. The van der Waals surface area contributed by atoms with E-state index in [4.69, 9.17) is 4.74 Å². The molecule has 0 saturated carbocycles. The minimum atomic E-state index is -8.32. The van der Waals surface area contributed by atoms with Crippen molar-refractivity contribution in [2.24, 2.45) is 0 Å². The Morgan fingerprint density at radius 1 is 0.605 bits per heavy atom. The van der Waals surface area contributed by atoms with E-state index in [0.717, 1.165) is 12.1 Å². The zero-order chi connectivity index (χ0) is 30.4. The van der Waals surface area contributed by atoms with Crippen LogP contribution in [0.25, 0.3) is 0 Å². The molecule has 0 saturated heterocycles. The lowest BCUT2D eigenvalue weighted by Crippen LogP contribution is -2.72. The van der Waals surface area contributed by atoms with Gasteiger partial charge >= 0.3 is 41.7 Å². The summed E-state index contributed by atoms with van der Waals surface area (Å²) < 4.78 is 207. The lowest BCUT2D eigenvalue weighted by Gasteiger charge is -2.43. The molecule has 0 N–H and O–H groups in total. The van der Waals surface area contributed by atoms with Crippen LogP contribution >= 0.6 is 0 Å². The number of nitrogens with zero attached hydrogens (tertiary/aromatic N) is 1. The van der Waals surface area contributed by atoms with Crippen LogP contribution in [0, 0.1) is 0 Å². The third-order valence-electron chi connectivity index (χ3n) is 6.01. The number of halogens is 15. The van der Waals surface area contributed by atoms with Crippen LogP contribution in [0.2, 0.25) is 0 Å². The summed E-state index contributed by atoms with van der Waals surface area (Å²) >= 11 is 0. The van der Waals surface area contributed by atoms with Crippen LogP contribution in [-0.2, 0) is 10.3 Å². The summed E-state index contributed by atoms with van der Waals surface area (Å²) in [7, 11) is 0.622. The normalized spacial score (nSPS) is 16.4. The molecule has 0 radical (unpaired) electrons. The molecule has 0 aliphatic carbocycles. The third-order valence-corrected chi connectivity index (χ3v) is 6.01. The van der Waals surface area contributed by atoms with E-state index in [1.54, 1.807) is 18.7 Å². The van der Waals surface area contributed by atoms with E-state index in [1.165, 1.54) is 12.1 Å². The highest BCUT2D eigenvalue weighted by atomic mass is 19.4. The molecule has 38 heavy (non-hydrogen) atoms. The summed E-state index contributed by atoms with van der Waals surface area (Å²) in [6.45, 7) is 5.02. The predicted molar refractivity (Wildman–Crippen MR) is 105 cm³/mol. The Morgan fingerprint density at radius 2 is 0.974 bits per heavy atom. The highest BCUT2D eigenvalue weighted by Crippen LogP contribution is 2.63. The molecule has 1 unspecified atom stereocenters. The van der Waals surface area contributed by atoms with Crippen molar-refractivity contribution in [3.05, 3.63) is 29.8 Å². The number of methoxy groups -OCH3 is 1. The van der Waals surface area contributed by atoms with Crippen molar-refractivity contribution in [1.29, 1.82) is 0 Å². The molecule has 1 rings (SSSR count). The van der Waals surface area contributed by atoms with Gasteiger partial charge in [0.25, 0.3) is 0 Å². The summed E-state index contributed by atoms with van der Waals surface area (Å²) in [6, 6.07) is 4.60. The smallest absolute Gasteiger partial charge is 0.374 e. The van der Waals surface area contributed by atoms with Gasteiger partial charge in [-0.05, 0) is 38.5 Å². The largest absolute Gasteiger partial charge is 0.460 e. The zero-order valence-electron chi connectivity index (χ0n) is 20.0. The maximum atomic E-state index is 14.5. The number of anilines is 1. The first-order valence-corrected chi connectivity index (χ1v) is 10.5. The highest BCUT2D eigenvalue weighted by Gasteiger charge is 2.93. The Kier molecular flexibility index (Phi) is 9.07. The monoisotopic (exact) mass is 589 g/mol. The molecule has 0 heterocycles. The lowest BCUT2D eigenvalue weighted by molar-refractivity contribution is -0.453. The lowest BCUT2D eigenvalue weighted by atomic mass is 9.83. The Labute approximate surface area is 206 Å². The van der Waals surface area contributed by atoms with E-state index >= 15 is 0 Å². The number of hydrogen-bond acceptors (Lipinski definition) is 2. The zero-order valence-corrected chi connectivity index (χ0v) is 20.0. The van der Waals surface area contributed by atoms with Gasteiger partial charge in [-0.2, -0.15) is 65.9 Å².